The molecule has 0 heterocycles. The van der Waals surface area contributed by atoms with Gasteiger partial charge >= 0.3 is 73.5 Å². The molecule has 0 amide bonds. The summed E-state index contributed by atoms with van der Waals surface area (Å²) >= 11 is -0.415. The first-order valence-electron chi connectivity index (χ1n) is 3.93. The van der Waals surface area contributed by atoms with E-state index in [0.717, 1.165) is 6.42 Å². The average molecular weight is 216 g/mol. The van der Waals surface area contributed by atoms with Crippen LogP contribution in [0, 0.1) is 5.41 Å². The van der Waals surface area contributed by atoms with E-state index in [1.54, 1.807) is 0 Å². The van der Waals surface area contributed by atoms with Gasteiger partial charge in [0.05, 0.1) is 0 Å². The molecule has 0 bridgehead atoms. The fraction of sp³-hybridized carbons (Fsp3) is 0.875. The van der Waals surface area contributed by atoms with E-state index in [1.807, 2.05) is 6.92 Å². The Morgan fingerprint density at radius 2 is 2.18 bits per heavy atom. The molecule has 2 nitrogen and oxygen atoms in total. The first-order valence-corrected chi connectivity index (χ1v) is 9.01. The number of nitrogens with zero attached hydrogens (tertiary/aromatic N) is 1. The zero-order valence-electron chi connectivity index (χ0n) is 7.59. The molecule has 0 aliphatic heterocycles. The van der Waals surface area contributed by atoms with Crippen molar-refractivity contribution in [3.8, 4) is 0 Å². The van der Waals surface area contributed by atoms with Gasteiger partial charge in [-0.2, -0.15) is 0 Å². The summed E-state index contributed by atoms with van der Waals surface area (Å²) in [6, 6.07) is 2.40. The van der Waals surface area contributed by atoms with Crippen LogP contribution in [0.1, 0.15) is 19.8 Å². The number of nitrogens with one attached hydrogen (secondary N) is 1. The molecule has 1 unspecified atom stereocenters. The molecule has 0 radical (unpaired) electrons. The molecule has 0 aromatic heterocycles. The minimum atomic E-state index is -0.415. The molecule has 0 saturated heterocycles. The third-order valence-corrected chi connectivity index (χ3v) is 4.05. The second kappa shape index (κ2) is 6.64. The van der Waals surface area contributed by atoms with Crippen molar-refractivity contribution in [1.29, 1.82) is 5.41 Å². The molecule has 0 aromatic rings. The van der Waals surface area contributed by atoms with Gasteiger partial charge in [0.25, 0.3) is 0 Å². The Hall–Kier alpha value is -0.0616. The Balaban J connectivity index is 3.31. The summed E-state index contributed by atoms with van der Waals surface area (Å²) in [7, 11) is 0. The van der Waals surface area contributed by atoms with E-state index in [-0.39, 0.29) is 0 Å². The van der Waals surface area contributed by atoms with Crippen LogP contribution in [0.4, 0.5) is 0 Å². The molecule has 11 heavy (non-hydrogen) atoms. The van der Waals surface area contributed by atoms with Crippen LogP contribution < -0.4 is 0 Å². The summed E-state index contributed by atoms with van der Waals surface area (Å²) in [5.41, 5.74) is 4.75. The Morgan fingerprint density at radius 1 is 1.55 bits per heavy atom. The van der Waals surface area contributed by atoms with E-state index < -0.39 is 14.7 Å². The summed E-state index contributed by atoms with van der Waals surface area (Å²) < 4.78 is 0. The van der Waals surface area contributed by atoms with Crippen molar-refractivity contribution >= 4 is 20.7 Å². The molecule has 0 aliphatic rings. The van der Waals surface area contributed by atoms with E-state index in [0.29, 0.717) is 6.04 Å². The van der Waals surface area contributed by atoms with Crippen LogP contribution in [0.3, 0.4) is 0 Å². The molecule has 1 atom stereocenters. The molecule has 64 valence electrons. The zero-order chi connectivity index (χ0) is 8.69. The summed E-state index contributed by atoms with van der Waals surface area (Å²) in [4.78, 5) is 3.85. The van der Waals surface area contributed by atoms with Crippen LogP contribution in [0.5, 0.6) is 0 Å². The Kier molecular flexibility index (Phi) is 6.60. The molecule has 0 spiro atoms. The van der Waals surface area contributed by atoms with Gasteiger partial charge < -0.3 is 0 Å². The van der Waals surface area contributed by atoms with Gasteiger partial charge in [0, 0.05) is 0 Å². The van der Waals surface area contributed by atoms with Gasteiger partial charge in [-0.15, -0.1) is 0 Å². The van der Waals surface area contributed by atoms with Crippen molar-refractivity contribution in [3.05, 3.63) is 0 Å². The van der Waals surface area contributed by atoms with Crippen LogP contribution in [-0.2, 0) is 0 Å². The SMILES string of the molecule is CC(CCC[As](C)C)N=C=N. The number of aliphatic imine (C=N–C) groups is 1. The van der Waals surface area contributed by atoms with E-state index >= 15 is 0 Å². The van der Waals surface area contributed by atoms with E-state index in [1.165, 1.54) is 11.6 Å². The normalized spacial score (nSPS) is 12.7. The van der Waals surface area contributed by atoms with Gasteiger partial charge in [0.1, 0.15) is 0 Å². The zero-order valence-corrected chi connectivity index (χ0v) is 9.47. The van der Waals surface area contributed by atoms with Crippen molar-refractivity contribution in [1.82, 2.24) is 0 Å². The number of hydrogen-bond donors (Lipinski definition) is 1. The monoisotopic (exact) mass is 216 g/mol. The van der Waals surface area contributed by atoms with Gasteiger partial charge in [-0.1, -0.05) is 0 Å². The van der Waals surface area contributed by atoms with Crippen molar-refractivity contribution in [2.45, 2.75) is 42.4 Å². The summed E-state index contributed by atoms with van der Waals surface area (Å²) in [6.07, 6.45) is 2.40. The van der Waals surface area contributed by atoms with Gasteiger partial charge in [0.2, 0.25) is 0 Å². The van der Waals surface area contributed by atoms with Crippen molar-refractivity contribution < 1.29 is 0 Å². The van der Waals surface area contributed by atoms with Crippen LogP contribution in [0.2, 0.25) is 16.6 Å². The van der Waals surface area contributed by atoms with E-state index in [9.17, 15) is 0 Å². The maximum atomic E-state index is 6.65. The van der Waals surface area contributed by atoms with Crippen LogP contribution in [0.15, 0.2) is 4.99 Å². The summed E-state index contributed by atoms with van der Waals surface area (Å²) in [5, 5.41) is 8.05. The molecular formula is C8H17AsN2. The fourth-order valence-electron chi connectivity index (χ4n) is 0.878. The Bertz CT molecular complexity index is 139. The van der Waals surface area contributed by atoms with Crippen LogP contribution in [0.25, 0.3) is 0 Å². The second-order valence-electron chi connectivity index (χ2n) is 3.04. The standard InChI is InChI=1S/C8H17AsN2/c1-8(11-7-10)5-4-6-9(2)3/h8,10H,4-6H2,1-3H3. The summed E-state index contributed by atoms with van der Waals surface area (Å²) in [6.45, 7) is 2.05. The third-order valence-electron chi connectivity index (χ3n) is 1.51. The number of hydrogen-bond acceptors (Lipinski definition) is 2. The number of rotatable bonds is 5. The van der Waals surface area contributed by atoms with E-state index in [2.05, 4.69) is 22.4 Å². The maximum absolute atomic E-state index is 6.65. The third kappa shape index (κ3) is 7.84. The van der Waals surface area contributed by atoms with Crippen LogP contribution >= 0.6 is 0 Å². The minimum absolute atomic E-state index is 0.307. The topological polar surface area (TPSA) is 36.2 Å². The predicted molar refractivity (Wildman–Crippen MR) is 51.1 cm³/mol. The molecule has 0 aliphatic carbocycles. The molecule has 0 fully saturated rings. The predicted octanol–water partition coefficient (Wildman–Crippen LogP) is 2.66. The molecule has 0 aromatic carbocycles. The molecular weight excluding hydrogens is 199 g/mol. The average Bonchev–Trinajstić information content (AvgIpc) is 1.87. The van der Waals surface area contributed by atoms with Crippen LogP contribution in [-0.4, -0.2) is 26.7 Å². The first-order chi connectivity index (χ1) is 5.16. The van der Waals surface area contributed by atoms with Gasteiger partial charge in [-0.25, -0.2) is 0 Å². The van der Waals surface area contributed by atoms with Crippen molar-refractivity contribution in [3.63, 3.8) is 0 Å². The van der Waals surface area contributed by atoms with Crippen molar-refractivity contribution in [2.75, 3.05) is 0 Å². The summed E-state index contributed by atoms with van der Waals surface area (Å²) in [5.74, 6) is 0. The molecule has 3 heteroatoms. The van der Waals surface area contributed by atoms with Gasteiger partial charge in [-0.05, 0) is 0 Å². The first kappa shape index (κ1) is 10.9. The Labute approximate surface area is 73.9 Å². The molecule has 0 saturated carbocycles. The molecule has 1 N–H and O–H groups in total. The quantitative estimate of drug-likeness (QED) is 0.541. The fourth-order valence-corrected chi connectivity index (χ4v) is 2.59. The van der Waals surface area contributed by atoms with Crippen molar-refractivity contribution in [2.24, 2.45) is 4.99 Å². The Morgan fingerprint density at radius 3 is 2.64 bits per heavy atom. The van der Waals surface area contributed by atoms with Gasteiger partial charge in [0.15, 0.2) is 0 Å². The van der Waals surface area contributed by atoms with Gasteiger partial charge in [-0.3, -0.25) is 0 Å². The second-order valence-corrected chi connectivity index (χ2v) is 8.50. The van der Waals surface area contributed by atoms with E-state index in [4.69, 9.17) is 5.41 Å². The molecule has 0 rings (SSSR count).